The molecule has 0 radical (unpaired) electrons. The van der Waals surface area contributed by atoms with Gasteiger partial charge >= 0.3 is 12.0 Å². The van der Waals surface area contributed by atoms with Gasteiger partial charge < -0.3 is 15.7 Å². The third-order valence-electron chi connectivity index (χ3n) is 7.69. The van der Waals surface area contributed by atoms with Gasteiger partial charge in [-0.1, -0.05) is 40.0 Å². The van der Waals surface area contributed by atoms with Gasteiger partial charge in [-0.05, 0) is 86.0 Å². The predicted molar refractivity (Wildman–Crippen MR) is 137 cm³/mol. The molecule has 0 saturated heterocycles. The van der Waals surface area contributed by atoms with Crippen LogP contribution in [0.3, 0.4) is 0 Å². The molecule has 4 bridgehead atoms. The molecule has 1 aromatic rings. The molecular formula is C26H41N3O5S. The zero-order valence-corrected chi connectivity index (χ0v) is 22.0. The van der Waals surface area contributed by atoms with Crippen LogP contribution in [0.1, 0.15) is 91.4 Å². The lowest BCUT2D eigenvalue weighted by Gasteiger charge is -2.65. The van der Waals surface area contributed by atoms with Gasteiger partial charge in [0.1, 0.15) is 0 Å². The molecule has 8 nitrogen and oxygen atoms in total. The maximum absolute atomic E-state index is 12.6. The number of benzene rings is 1. The van der Waals surface area contributed by atoms with Crippen molar-refractivity contribution >= 4 is 27.7 Å². The summed E-state index contributed by atoms with van der Waals surface area (Å²) in [5.74, 6) is 0.0293. The molecule has 0 aromatic heterocycles. The lowest BCUT2D eigenvalue weighted by atomic mass is 9.43. The number of sulfonamides is 1. The molecule has 2 unspecified atom stereocenters. The second-order valence-corrected chi connectivity index (χ2v) is 13.3. The number of carboxylic acid groups (broad SMARTS) is 1. The molecule has 4 atom stereocenters. The fourth-order valence-electron chi connectivity index (χ4n) is 7.42. The Balaban J connectivity index is 0.000000327. The van der Waals surface area contributed by atoms with E-state index in [1.807, 2.05) is 0 Å². The first-order chi connectivity index (χ1) is 16.3. The van der Waals surface area contributed by atoms with E-state index in [0.29, 0.717) is 28.9 Å². The van der Waals surface area contributed by atoms with Crippen molar-refractivity contribution in [2.75, 3.05) is 5.32 Å². The van der Waals surface area contributed by atoms with Crippen LogP contribution >= 0.6 is 0 Å². The number of amides is 2. The standard InChI is InChI=1S/C19H27N3O3S.C7H14O2/c1-17-7-13-8-18(2,10-17)12-19(9-13,11-17)22-16(23)21-14-3-5-15(6-4-14)26(20,24)25;1-2-3-4-5-6-7(8)9/h3-6,13H,7-12H2,1-2H3,(H2,20,24,25)(H2,21,22,23);2-6H2,1H3,(H,8,9)/t13?,17-,18+,19?;. The van der Waals surface area contributed by atoms with E-state index in [9.17, 15) is 18.0 Å². The Kier molecular flexibility index (Phi) is 8.21. The molecule has 2 amide bonds. The van der Waals surface area contributed by atoms with Crippen LogP contribution in [-0.2, 0) is 14.8 Å². The summed E-state index contributed by atoms with van der Waals surface area (Å²) >= 11 is 0. The average molecular weight is 508 g/mol. The largest absolute Gasteiger partial charge is 0.481 e. The van der Waals surface area contributed by atoms with Crippen molar-refractivity contribution in [2.45, 2.75) is 102 Å². The first-order valence-electron chi connectivity index (χ1n) is 12.7. The summed E-state index contributed by atoms with van der Waals surface area (Å²) in [6.45, 7) is 6.85. The van der Waals surface area contributed by atoms with E-state index in [1.165, 1.54) is 37.8 Å². The summed E-state index contributed by atoms with van der Waals surface area (Å²) in [5, 5.41) is 19.4. The number of anilines is 1. The number of hydrogen-bond acceptors (Lipinski definition) is 4. The van der Waals surface area contributed by atoms with E-state index in [0.717, 1.165) is 38.5 Å². The van der Waals surface area contributed by atoms with Gasteiger partial charge in [0.25, 0.3) is 0 Å². The predicted octanol–water partition coefficient (Wildman–Crippen LogP) is 5.25. The number of rotatable bonds is 8. The van der Waals surface area contributed by atoms with E-state index < -0.39 is 16.0 Å². The van der Waals surface area contributed by atoms with Crippen LogP contribution in [0.5, 0.6) is 0 Å². The number of carbonyl (C=O) groups is 2. The highest BCUT2D eigenvalue weighted by molar-refractivity contribution is 7.89. The molecule has 4 aliphatic carbocycles. The SMILES string of the molecule is CCCCCCC(=O)O.C[C@]12CC3CC(NC(=O)Nc4ccc(S(N)(=O)=O)cc4)(C1)C[C@@](C)(C3)C2. The normalized spacial score (nSPS) is 30.8. The first-order valence-corrected chi connectivity index (χ1v) is 14.2. The minimum atomic E-state index is -3.73. The molecule has 9 heteroatoms. The fourth-order valence-corrected chi connectivity index (χ4v) is 7.94. The fraction of sp³-hybridized carbons (Fsp3) is 0.692. The third-order valence-corrected chi connectivity index (χ3v) is 8.62. The Hall–Kier alpha value is -2.13. The Bertz CT molecular complexity index is 1010. The highest BCUT2D eigenvalue weighted by atomic mass is 32.2. The van der Waals surface area contributed by atoms with Crippen molar-refractivity contribution in [1.82, 2.24) is 5.32 Å². The summed E-state index contributed by atoms with van der Waals surface area (Å²) in [6.07, 6.45) is 11.5. The number of unbranched alkanes of at least 4 members (excludes halogenated alkanes) is 3. The Morgan fingerprint density at radius 3 is 2.09 bits per heavy atom. The molecule has 0 spiro atoms. The van der Waals surface area contributed by atoms with Crippen molar-refractivity contribution in [3.63, 3.8) is 0 Å². The number of hydrogen-bond donors (Lipinski definition) is 4. The quantitative estimate of drug-likeness (QED) is 0.356. The average Bonchev–Trinajstić information content (AvgIpc) is 2.68. The molecule has 196 valence electrons. The van der Waals surface area contributed by atoms with Gasteiger partial charge in [-0.3, -0.25) is 4.79 Å². The molecule has 1 aromatic carbocycles. The number of primary sulfonamides is 1. The summed E-state index contributed by atoms with van der Waals surface area (Å²) in [5.41, 5.74) is 1.10. The number of nitrogens with one attached hydrogen (secondary N) is 2. The number of urea groups is 1. The van der Waals surface area contributed by atoms with Crippen LogP contribution in [-0.4, -0.2) is 31.1 Å². The molecule has 0 aliphatic heterocycles. The number of aliphatic carboxylic acids is 1. The first kappa shape index (κ1) is 27.5. The maximum atomic E-state index is 12.6. The summed E-state index contributed by atoms with van der Waals surface area (Å²) in [7, 11) is -3.73. The number of nitrogens with two attached hydrogens (primary N) is 1. The highest BCUT2D eigenvalue weighted by Gasteiger charge is 2.60. The van der Waals surface area contributed by atoms with Gasteiger partial charge in [-0.2, -0.15) is 0 Å². The smallest absolute Gasteiger partial charge is 0.319 e. The van der Waals surface area contributed by atoms with Crippen molar-refractivity contribution < 1.29 is 23.1 Å². The zero-order valence-electron chi connectivity index (χ0n) is 21.2. The molecule has 4 saturated carbocycles. The highest BCUT2D eigenvalue weighted by Crippen LogP contribution is 2.66. The van der Waals surface area contributed by atoms with Crippen LogP contribution in [0, 0.1) is 16.7 Å². The van der Waals surface area contributed by atoms with Gasteiger partial charge in [0.15, 0.2) is 0 Å². The minimum Gasteiger partial charge on any atom is -0.481 e. The third kappa shape index (κ3) is 7.43. The second-order valence-electron chi connectivity index (χ2n) is 11.8. The molecular weight excluding hydrogens is 466 g/mol. The molecule has 4 aliphatic rings. The topological polar surface area (TPSA) is 139 Å². The lowest BCUT2D eigenvalue weighted by molar-refractivity contribution is -0.137. The summed E-state index contributed by atoms with van der Waals surface area (Å²) < 4.78 is 22.6. The van der Waals surface area contributed by atoms with Crippen molar-refractivity contribution in [1.29, 1.82) is 0 Å². The van der Waals surface area contributed by atoms with E-state index in [2.05, 4.69) is 31.4 Å². The molecule has 4 fully saturated rings. The van der Waals surface area contributed by atoms with Gasteiger partial charge in [0.05, 0.1) is 4.90 Å². The van der Waals surface area contributed by atoms with E-state index in [1.54, 1.807) is 12.1 Å². The molecule has 0 heterocycles. The second kappa shape index (κ2) is 10.5. The van der Waals surface area contributed by atoms with Gasteiger partial charge in [0.2, 0.25) is 10.0 Å². The monoisotopic (exact) mass is 507 g/mol. The summed E-state index contributed by atoms with van der Waals surface area (Å²) in [6, 6.07) is 5.70. The molecule has 5 rings (SSSR count). The number of carbonyl (C=O) groups excluding carboxylic acids is 1. The van der Waals surface area contributed by atoms with Crippen molar-refractivity contribution in [3.8, 4) is 0 Å². The summed E-state index contributed by atoms with van der Waals surface area (Å²) in [4.78, 5) is 22.6. The Morgan fingerprint density at radius 2 is 1.60 bits per heavy atom. The minimum absolute atomic E-state index is 0.0328. The van der Waals surface area contributed by atoms with Crippen molar-refractivity contribution in [3.05, 3.63) is 24.3 Å². The van der Waals surface area contributed by atoms with Crippen molar-refractivity contribution in [2.24, 2.45) is 21.9 Å². The molecule has 5 N–H and O–H groups in total. The van der Waals surface area contributed by atoms with Gasteiger partial charge in [-0.25, -0.2) is 18.4 Å². The van der Waals surface area contributed by atoms with Crippen LogP contribution in [0.2, 0.25) is 0 Å². The van der Waals surface area contributed by atoms with E-state index in [-0.39, 0.29) is 16.5 Å². The van der Waals surface area contributed by atoms with Crippen LogP contribution in [0.25, 0.3) is 0 Å². The Morgan fingerprint density at radius 1 is 1.00 bits per heavy atom. The zero-order chi connectivity index (χ0) is 25.9. The Labute approximate surface area is 209 Å². The molecule has 35 heavy (non-hydrogen) atoms. The number of carboxylic acids is 1. The maximum Gasteiger partial charge on any atom is 0.319 e. The van der Waals surface area contributed by atoms with Gasteiger partial charge in [0, 0.05) is 17.6 Å². The van der Waals surface area contributed by atoms with Crippen LogP contribution in [0.15, 0.2) is 29.2 Å². The lowest BCUT2D eigenvalue weighted by Crippen LogP contribution is -2.65. The van der Waals surface area contributed by atoms with Gasteiger partial charge in [-0.15, -0.1) is 0 Å². The van der Waals surface area contributed by atoms with Crippen LogP contribution in [0.4, 0.5) is 10.5 Å². The van der Waals surface area contributed by atoms with E-state index in [4.69, 9.17) is 10.2 Å². The van der Waals surface area contributed by atoms with Crippen LogP contribution < -0.4 is 15.8 Å². The van der Waals surface area contributed by atoms with E-state index >= 15 is 0 Å².